The molecule has 0 N–H and O–H groups in total. The molecule has 3 aromatic rings. The fraction of sp³-hybridized carbons (Fsp3) is 0.200. The first-order valence-corrected chi connectivity index (χ1v) is 8.39. The van der Waals surface area contributed by atoms with E-state index in [1.54, 1.807) is 6.07 Å². The molecule has 0 atom stereocenters. The number of aromatic nitrogens is 1. The molecular weight excluding hydrogens is 357 g/mol. The first-order chi connectivity index (χ1) is 12.9. The first-order valence-electron chi connectivity index (χ1n) is 8.39. The molecule has 0 aliphatic carbocycles. The van der Waals surface area contributed by atoms with Gasteiger partial charge in [0.05, 0.1) is 24.2 Å². The second-order valence-corrected chi connectivity index (χ2v) is 6.37. The van der Waals surface area contributed by atoms with E-state index in [0.717, 1.165) is 23.0 Å². The normalized spacial score (nSPS) is 14.9. The van der Waals surface area contributed by atoms with Crippen molar-refractivity contribution in [2.45, 2.75) is 12.3 Å². The summed E-state index contributed by atoms with van der Waals surface area (Å²) in [7, 11) is 0. The summed E-state index contributed by atoms with van der Waals surface area (Å²) in [5, 5.41) is 1.000. The van der Waals surface area contributed by atoms with Gasteiger partial charge in [-0.15, -0.1) is 0 Å². The fourth-order valence-electron chi connectivity index (χ4n) is 2.97. The van der Waals surface area contributed by atoms with Gasteiger partial charge in [-0.2, -0.15) is 13.2 Å². The van der Waals surface area contributed by atoms with Gasteiger partial charge in [0.25, 0.3) is 5.91 Å². The molecule has 2 aromatic carbocycles. The Bertz CT molecular complexity index is 998. The molecule has 1 saturated heterocycles. The molecule has 27 heavy (non-hydrogen) atoms. The molecule has 0 unspecified atom stereocenters. The van der Waals surface area contributed by atoms with Gasteiger partial charge in [0.1, 0.15) is 6.10 Å². The van der Waals surface area contributed by atoms with Crippen molar-refractivity contribution in [1.29, 1.82) is 0 Å². The number of hydrogen-bond acceptors (Lipinski definition) is 3. The lowest BCUT2D eigenvalue weighted by Gasteiger charge is -2.38. The number of benzene rings is 2. The number of para-hydroxylation sites is 1. The van der Waals surface area contributed by atoms with E-state index in [1.165, 1.54) is 17.0 Å². The Kier molecular flexibility index (Phi) is 4.22. The fourth-order valence-corrected chi connectivity index (χ4v) is 2.97. The molecule has 1 amide bonds. The lowest BCUT2D eigenvalue weighted by atomic mass is 10.1. The molecule has 2 heterocycles. The van der Waals surface area contributed by atoms with Crippen molar-refractivity contribution >= 4 is 16.8 Å². The Balaban J connectivity index is 1.39. The number of likely N-dealkylation sites (tertiary alicyclic amines) is 1. The van der Waals surface area contributed by atoms with Crippen molar-refractivity contribution in [2.24, 2.45) is 0 Å². The van der Waals surface area contributed by atoms with Crippen LogP contribution in [0, 0.1) is 0 Å². The number of pyridine rings is 1. The third-order valence-electron chi connectivity index (χ3n) is 4.43. The molecule has 1 aromatic heterocycles. The van der Waals surface area contributed by atoms with Gasteiger partial charge in [0, 0.05) is 17.0 Å². The molecule has 0 saturated carbocycles. The van der Waals surface area contributed by atoms with Crippen molar-refractivity contribution in [1.82, 2.24) is 9.88 Å². The van der Waals surface area contributed by atoms with Gasteiger partial charge >= 0.3 is 6.18 Å². The number of halogens is 3. The predicted octanol–water partition coefficient (Wildman–Crippen LogP) is 4.16. The number of nitrogens with zero attached hydrogens (tertiary/aromatic N) is 2. The highest BCUT2D eigenvalue weighted by molar-refractivity contribution is 5.95. The smallest absolute Gasteiger partial charge is 0.416 e. The van der Waals surface area contributed by atoms with Gasteiger partial charge in [0.15, 0.2) is 0 Å². The van der Waals surface area contributed by atoms with Gasteiger partial charge in [-0.1, -0.05) is 24.3 Å². The number of fused-ring (bicyclic) bond motifs is 1. The first kappa shape index (κ1) is 17.3. The van der Waals surface area contributed by atoms with Crippen LogP contribution in [0.2, 0.25) is 0 Å². The maximum atomic E-state index is 12.8. The van der Waals surface area contributed by atoms with E-state index in [2.05, 4.69) is 4.98 Å². The van der Waals surface area contributed by atoms with Crippen molar-refractivity contribution in [3.8, 4) is 5.88 Å². The summed E-state index contributed by atoms with van der Waals surface area (Å²) < 4.78 is 44.1. The minimum Gasteiger partial charge on any atom is -0.471 e. The molecule has 1 aliphatic rings. The van der Waals surface area contributed by atoms with Crippen LogP contribution in [0.5, 0.6) is 5.88 Å². The van der Waals surface area contributed by atoms with Gasteiger partial charge in [0.2, 0.25) is 5.88 Å². The van der Waals surface area contributed by atoms with E-state index in [0.29, 0.717) is 19.0 Å². The Hall–Kier alpha value is -3.09. The molecule has 0 radical (unpaired) electrons. The van der Waals surface area contributed by atoms with Crippen molar-refractivity contribution < 1.29 is 22.7 Å². The number of alkyl halides is 3. The second kappa shape index (κ2) is 6.57. The number of hydrogen-bond donors (Lipinski definition) is 0. The molecular formula is C20H15F3N2O2. The van der Waals surface area contributed by atoms with E-state index in [9.17, 15) is 18.0 Å². The number of carbonyl (C=O) groups excluding carboxylic acids is 1. The Morgan fingerprint density at radius 2 is 1.81 bits per heavy atom. The van der Waals surface area contributed by atoms with E-state index < -0.39 is 17.6 Å². The van der Waals surface area contributed by atoms with Crippen LogP contribution in [0.3, 0.4) is 0 Å². The number of carbonyl (C=O) groups is 1. The zero-order chi connectivity index (χ0) is 19.0. The van der Waals surface area contributed by atoms with Crippen LogP contribution in [-0.2, 0) is 6.18 Å². The summed E-state index contributed by atoms with van der Waals surface area (Å²) in [6.45, 7) is 0.618. The van der Waals surface area contributed by atoms with Gasteiger partial charge < -0.3 is 9.64 Å². The maximum Gasteiger partial charge on any atom is 0.416 e. The third-order valence-corrected chi connectivity index (χ3v) is 4.43. The van der Waals surface area contributed by atoms with Crippen LogP contribution in [0.15, 0.2) is 60.7 Å². The summed E-state index contributed by atoms with van der Waals surface area (Å²) in [4.78, 5) is 18.2. The molecule has 0 bridgehead atoms. The topological polar surface area (TPSA) is 42.4 Å². The number of amides is 1. The minimum atomic E-state index is -4.47. The highest BCUT2D eigenvalue weighted by atomic mass is 19.4. The van der Waals surface area contributed by atoms with E-state index in [4.69, 9.17) is 4.74 Å². The average Bonchev–Trinajstić information content (AvgIpc) is 2.63. The Morgan fingerprint density at radius 3 is 2.59 bits per heavy atom. The molecule has 4 nitrogen and oxygen atoms in total. The predicted molar refractivity (Wildman–Crippen MR) is 93.5 cm³/mol. The zero-order valence-electron chi connectivity index (χ0n) is 14.1. The summed E-state index contributed by atoms with van der Waals surface area (Å²) in [6.07, 6.45) is -4.70. The number of rotatable bonds is 3. The van der Waals surface area contributed by atoms with E-state index in [1.807, 2.05) is 30.3 Å². The maximum absolute atomic E-state index is 12.8. The molecule has 1 aliphatic heterocycles. The summed E-state index contributed by atoms with van der Waals surface area (Å²) in [6, 6.07) is 15.8. The summed E-state index contributed by atoms with van der Waals surface area (Å²) in [5.74, 6) is 0.0253. The standard InChI is InChI=1S/C20H15F3N2O2/c21-20(22,23)15-6-3-5-14(10-15)19(26)25-11-16(12-25)27-18-9-8-13-4-1-2-7-17(13)24-18/h1-10,16H,11-12H2. The highest BCUT2D eigenvalue weighted by Gasteiger charge is 2.35. The lowest BCUT2D eigenvalue weighted by molar-refractivity contribution is -0.137. The van der Waals surface area contributed by atoms with Gasteiger partial charge in [-0.05, 0) is 30.3 Å². The van der Waals surface area contributed by atoms with E-state index in [-0.39, 0.29) is 11.7 Å². The van der Waals surface area contributed by atoms with Crippen LogP contribution < -0.4 is 4.74 Å². The number of ether oxygens (including phenoxy) is 1. The van der Waals surface area contributed by atoms with Gasteiger partial charge in [-0.3, -0.25) is 4.79 Å². The van der Waals surface area contributed by atoms with Crippen molar-refractivity contribution in [2.75, 3.05) is 13.1 Å². The monoisotopic (exact) mass is 372 g/mol. The summed E-state index contributed by atoms with van der Waals surface area (Å²) >= 11 is 0. The molecule has 4 rings (SSSR count). The van der Waals surface area contributed by atoms with Crippen LogP contribution in [0.25, 0.3) is 10.9 Å². The Labute approximate surface area is 153 Å². The zero-order valence-corrected chi connectivity index (χ0v) is 14.1. The third kappa shape index (κ3) is 3.58. The molecule has 1 fully saturated rings. The van der Waals surface area contributed by atoms with Crippen LogP contribution in [0.1, 0.15) is 15.9 Å². The summed E-state index contributed by atoms with van der Waals surface area (Å²) in [5.41, 5.74) is 0.000337. The van der Waals surface area contributed by atoms with Gasteiger partial charge in [-0.25, -0.2) is 4.98 Å². The largest absolute Gasteiger partial charge is 0.471 e. The lowest BCUT2D eigenvalue weighted by Crippen LogP contribution is -2.56. The van der Waals surface area contributed by atoms with Crippen molar-refractivity contribution in [3.63, 3.8) is 0 Å². The van der Waals surface area contributed by atoms with Crippen LogP contribution in [0.4, 0.5) is 13.2 Å². The molecule has 7 heteroatoms. The Morgan fingerprint density at radius 1 is 1.04 bits per heavy atom. The highest BCUT2D eigenvalue weighted by Crippen LogP contribution is 2.30. The average molecular weight is 372 g/mol. The van der Waals surface area contributed by atoms with Crippen LogP contribution >= 0.6 is 0 Å². The second-order valence-electron chi connectivity index (χ2n) is 6.37. The quantitative estimate of drug-likeness (QED) is 0.693. The molecule has 0 spiro atoms. The van der Waals surface area contributed by atoms with E-state index >= 15 is 0 Å². The SMILES string of the molecule is O=C(c1cccc(C(F)(F)F)c1)N1CC(Oc2ccc3ccccc3n2)C1. The minimum absolute atomic E-state index is 0.0205. The molecule has 138 valence electrons. The van der Waals surface area contributed by atoms with Crippen LogP contribution in [-0.4, -0.2) is 35.0 Å². The van der Waals surface area contributed by atoms with Crippen molar-refractivity contribution in [3.05, 3.63) is 71.8 Å².